The number of carbonyl (C=O) groups excluding carboxylic acids is 1. The van der Waals surface area contributed by atoms with Crippen LogP contribution >= 0.6 is 22.9 Å². The summed E-state index contributed by atoms with van der Waals surface area (Å²) in [5.74, 6) is 1.80. The number of hydrogen-bond donors (Lipinski definition) is 0. The number of halogens is 1. The Bertz CT molecular complexity index is 864. The summed E-state index contributed by atoms with van der Waals surface area (Å²) in [6.07, 6.45) is 2.84. The third kappa shape index (κ3) is 4.71. The molecular formula is C18H14ClNO4S. The molecule has 0 spiro atoms. The molecule has 0 radical (unpaired) electrons. The van der Waals surface area contributed by atoms with Crippen molar-refractivity contribution in [3.05, 3.63) is 59.2 Å². The van der Waals surface area contributed by atoms with E-state index in [9.17, 15) is 4.79 Å². The van der Waals surface area contributed by atoms with E-state index in [0.717, 1.165) is 11.8 Å². The maximum absolute atomic E-state index is 10.5. The average Bonchev–Trinajstić information content (AvgIpc) is 3.03. The molecule has 0 aliphatic carbocycles. The first-order valence-electron chi connectivity index (χ1n) is 7.35. The Balaban J connectivity index is 1.68. The highest BCUT2D eigenvalue weighted by Gasteiger charge is 2.08. The lowest BCUT2D eigenvalue weighted by Crippen LogP contribution is -1.86. The summed E-state index contributed by atoms with van der Waals surface area (Å²) in [6.45, 7) is 0. The van der Waals surface area contributed by atoms with Crippen LogP contribution in [0.5, 0.6) is 27.5 Å². The van der Waals surface area contributed by atoms with Crippen LogP contribution in [0, 0.1) is 0 Å². The molecule has 5 nitrogen and oxygen atoms in total. The molecule has 128 valence electrons. The fourth-order valence-corrected chi connectivity index (χ4v) is 2.93. The molecule has 3 aromatic rings. The zero-order valence-electron chi connectivity index (χ0n) is 13.3. The Morgan fingerprint density at radius 1 is 1.08 bits per heavy atom. The van der Waals surface area contributed by atoms with Gasteiger partial charge in [-0.05, 0) is 41.2 Å². The summed E-state index contributed by atoms with van der Waals surface area (Å²) in [5.41, 5.74) is 0.936. The molecule has 0 atom stereocenters. The monoisotopic (exact) mass is 375 g/mol. The van der Waals surface area contributed by atoms with Crippen molar-refractivity contribution in [2.24, 2.45) is 0 Å². The summed E-state index contributed by atoms with van der Waals surface area (Å²) < 4.78 is 16.6. The topological polar surface area (TPSA) is 57.6 Å². The van der Waals surface area contributed by atoms with Gasteiger partial charge in [0.25, 0.3) is 5.19 Å². The second-order valence-electron chi connectivity index (χ2n) is 4.99. The Hall–Kier alpha value is -2.57. The van der Waals surface area contributed by atoms with Crippen LogP contribution < -0.4 is 14.2 Å². The SMILES string of the molecule is COc1cc(Cl)cc(Oc2ncc(Oc3ccc(CC=O)cc3)s2)c1. The molecule has 0 saturated heterocycles. The van der Waals surface area contributed by atoms with E-state index in [1.165, 1.54) is 11.3 Å². The number of carbonyl (C=O) groups is 1. The number of ether oxygens (including phenoxy) is 3. The van der Waals surface area contributed by atoms with E-state index in [-0.39, 0.29) is 0 Å². The molecule has 0 N–H and O–H groups in total. The minimum absolute atomic E-state index is 0.391. The van der Waals surface area contributed by atoms with Crippen LogP contribution in [0.4, 0.5) is 0 Å². The minimum Gasteiger partial charge on any atom is -0.497 e. The molecular weight excluding hydrogens is 362 g/mol. The second kappa shape index (κ2) is 8.00. The van der Waals surface area contributed by atoms with Crippen LogP contribution in [-0.2, 0) is 11.2 Å². The smallest absolute Gasteiger partial charge is 0.282 e. The van der Waals surface area contributed by atoms with Crippen molar-refractivity contribution in [1.29, 1.82) is 0 Å². The number of rotatable bonds is 7. The predicted molar refractivity (Wildman–Crippen MR) is 96.5 cm³/mol. The highest BCUT2D eigenvalue weighted by molar-refractivity contribution is 7.15. The number of aldehydes is 1. The van der Waals surface area contributed by atoms with Gasteiger partial charge >= 0.3 is 0 Å². The van der Waals surface area contributed by atoms with Gasteiger partial charge in [-0.2, -0.15) is 0 Å². The minimum atomic E-state index is 0.391. The highest BCUT2D eigenvalue weighted by atomic mass is 35.5. The van der Waals surface area contributed by atoms with E-state index < -0.39 is 0 Å². The zero-order chi connectivity index (χ0) is 17.6. The molecule has 25 heavy (non-hydrogen) atoms. The van der Waals surface area contributed by atoms with Gasteiger partial charge < -0.3 is 19.0 Å². The third-order valence-electron chi connectivity index (χ3n) is 3.21. The maximum atomic E-state index is 10.5. The molecule has 0 aliphatic heterocycles. The van der Waals surface area contributed by atoms with Gasteiger partial charge in [-0.25, -0.2) is 4.98 Å². The second-order valence-corrected chi connectivity index (χ2v) is 6.38. The lowest BCUT2D eigenvalue weighted by atomic mass is 10.2. The van der Waals surface area contributed by atoms with Crippen LogP contribution in [0.15, 0.2) is 48.7 Å². The van der Waals surface area contributed by atoms with E-state index in [2.05, 4.69) is 4.98 Å². The molecule has 1 heterocycles. The van der Waals surface area contributed by atoms with E-state index in [0.29, 0.717) is 38.9 Å². The maximum Gasteiger partial charge on any atom is 0.282 e. The van der Waals surface area contributed by atoms with Crippen LogP contribution in [0.25, 0.3) is 0 Å². The Morgan fingerprint density at radius 2 is 1.84 bits per heavy atom. The van der Waals surface area contributed by atoms with Crippen molar-refractivity contribution in [2.75, 3.05) is 7.11 Å². The first-order valence-corrected chi connectivity index (χ1v) is 8.54. The van der Waals surface area contributed by atoms with Gasteiger partial charge in [0.05, 0.1) is 13.3 Å². The van der Waals surface area contributed by atoms with Gasteiger partial charge in [-0.15, -0.1) is 0 Å². The number of aromatic nitrogens is 1. The van der Waals surface area contributed by atoms with Gasteiger partial charge in [-0.1, -0.05) is 23.7 Å². The van der Waals surface area contributed by atoms with Gasteiger partial charge in [0.1, 0.15) is 23.5 Å². The van der Waals surface area contributed by atoms with E-state index in [1.807, 2.05) is 12.1 Å². The van der Waals surface area contributed by atoms with Crippen molar-refractivity contribution in [3.63, 3.8) is 0 Å². The van der Waals surface area contributed by atoms with Crippen molar-refractivity contribution in [3.8, 4) is 27.5 Å². The largest absolute Gasteiger partial charge is 0.497 e. The van der Waals surface area contributed by atoms with E-state index in [1.54, 1.807) is 43.6 Å². The van der Waals surface area contributed by atoms with Crippen LogP contribution in [0.3, 0.4) is 0 Å². The zero-order valence-corrected chi connectivity index (χ0v) is 14.8. The predicted octanol–water partition coefficient (Wildman–Crippen LogP) is 5.13. The number of hydrogen-bond acceptors (Lipinski definition) is 6. The molecule has 0 fully saturated rings. The standard InChI is InChI=1S/C18H14ClNO4S/c1-22-15-8-13(19)9-16(10-15)24-18-20-11-17(25-18)23-14-4-2-12(3-5-14)6-7-21/h2-5,7-11H,6H2,1H3. The summed E-state index contributed by atoms with van der Waals surface area (Å²) in [6, 6.07) is 12.4. The first kappa shape index (κ1) is 17.3. The molecule has 0 aliphatic rings. The number of benzene rings is 2. The molecule has 1 aromatic heterocycles. The summed E-state index contributed by atoms with van der Waals surface area (Å²) in [5, 5.41) is 1.53. The van der Waals surface area contributed by atoms with Crippen molar-refractivity contribution < 1.29 is 19.0 Å². The molecule has 0 bridgehead atoms. The van der Waals surface area contributed by atoms with E-state index in [4.69, 9.17) is 25.8 Å². The molecule has 3 rings (SSSR count). The van der Waals surface area contributed by atoms with Crippen LogP contribution in [0.2, 0.25) is 5.02 Å². The Morgan fingerprint density at radius 3 is 2.56 bits per heavy atom. The highest BCUT2D eigenvalue weighted by Crippen LogP contribution is 2.36. The molecule has 0 amide bonds. The fourth-order valence-electron chi connectivity index (χ4n) is 2.06. The fraction of sp³-hybridized carbons (Fsp3) is 0.111. The number of methoxy groups -OCH3 is 1. The van der Waals surface area contributed by atoms with Gasteiger partial charge in [0, 0.05) is 17.5 Å². The summed E-state index contributed by atoms with van der Waals surface area (Å²) in [7, 11) is 1.56. The summed E-state index contributed by atoms with van der Waals surface area (Å²) >= 11 is 7.28. The normalized spacial score (nSPS) is 10.3. The quantitative estimate of drug-likeness (QED) is 0.536. The van der Waals surface area contributed by atoms with Crippen molar-refractivity contribution in [2.45, 2.75) is 6.42 Å². The Labute approximate surface area is 153 Å². The van der Waals surface area contributed by atoms with Crippen LogP contribution in [-0.4, -0.2) is 18.4 Å². The molecule has 0 saturated carbocycles. The van der Waals surface area contributed by atoms with Crippen molar-refractivity contribution >= 4 is 29.2 Å². The average molecular weight is 376 g/mol. The molecule has 0 unspecified atom stereocenters. The van der Waals surface area contributed by atoms with E-state index >= 15 is 0 Å². The number of nitrogens with zero attached hydrogens (tertiary/aromatic N) is 1. The number of thiazole rings is 1. The molecule has 7 heteroatoms. The molecule has 2 aromatic carbocycles. The van der Waals surface area contributed by atoms with Gasteiger partial charge in [-0.3, -0.25) is 0 Å². The third-order valence-corrected chi connectivity index (χ3v) is 4.18. The van der Waals surface area contributed by atoms with Crippen LogP contribution in [0.1, 0.15) is 5.56 Å². The van der Waals surface area contributed by atoms with Crippen molar-refractivity contribution in [1.82, 2.24) is 4.98 Å². The summed E-state index contributed by atoms with van der Waals surface area (Å²) in [4.78, 5) is 14.7. The van der Waals surface area contributed by atoms with Gasteiger partial charge in [0.2, 0.25) is 5.06 Å². The lowest BCUT2D eigenvalue weighted by molar-refractivity contribution is -0.107. The lowest BCUT2D eigenvalue weighted by Gasteiger charge is -2.05. The Kier molecular flexibility index (Phi) is 5.53. The van der Waals surface area contributed by atoms with Gasteiger partial charge in [0.15, 0.2) is 0 Å². The first-order chi connectivity index (χ1) is 12.2.